The van der Waals surface area contributed by atoms with Crippen molar-refractivity contribution in [3.63, 3.8) is 0 Å². The van der Waals surface area contributed by atoms with Gasteiger partial charge in [0.1, 0.15) is 11.6 Å². The second kappa shape index (κ2) is 10.1. The number of rotatable bonds is 6. The van der Waals surface area contributed by atoms with Crippen molar-refractivity contribution >= 4 is 11.6 Å². The number of halogens is 1. The summed E-state index contributed by atoms with van der Waals surface area (Å²) < 4.78 is 19.5. The lowest BCUT2D eigenvalue weighted by Crippen LogP contribution is -2.51. The van der Waals surface area contributed by atoms with Crippen LogP contribution in [0.2, 0.25) is 0 Å². The Morgan fingerprint density at radius 2 is 1.65 bits per heavy atom. The zero-order valence-electron chi connectivity index (χ0n) is 18.3. The van der Waals surface area contributed by atoms with Gasteiger partial charge in [0.2, 0.25) is 5.91 Å². The molecular weight excluding hydrogens is 393 g/mol. The molecule has 0 radical (unpaired) electrons. The Hall–Kier alpha value is -2.60. The van der Waals surface area contributed by atoms with Gasteiger partial charge in [0.05, 0.1) is 12.3 Å². The molecule has 0 atom stereocenters. The predicted molar refractivity (Wildman–Crippen MR) is 121 cm³/mol. The van der Waals surface area contributed by atoms with Crippen molar-refractivity contribution < 1.29 is 13.9 Å². The zero-order chi connectivity index (χ0) is 21.6. The van der Waals surface area contributed by atoms with E-state index in [4.69, 9.17) is 4.74 Å². The highest BCUT2D eigenvalue weighted by atomic mass is 19.1. The average molecular weight is 426 g/mol. The van der Waals surface area contributed by atoms with Crippen LogP contribution in [0.4, 0.5) is 10.1 Å². The van der Waals surface area contributed by atoms with E-state index in [-0.39, 0.29) is 17.6 Å². The first kappa shape index (κ1) is 21.6. The molecule has 6 heteroatoms. The lowest BCUT2D eigenvalue weighted by atomic mass is 9.94. The lowest BCUT2D eigenvalue weighted by molar-refractivity contribution is -0.137. The Balaban J connectivity index is 1.23. The number of likely N-dealkylation sites (tertiary alicyclic amines) is 1. The van der Waals surface area contributed by atoms with Gasteiger partial charge < -0.3 is 14.5 Å². The number of carbonyl (C=O) groups excluding carboxylic acids is 1. The lowest BCUT2D eigenvalue weighted by Gasteiger charge is -2.39. The molecule has 5 nitrogen and oxygen atoms in total. The largest absolute Gasteiger partial charge is 0.494 e. The zero-order valence-corrected chi connectivity index (χ0v) is 18.3. The maximum Gasteiger partial charge on any atom is 0.225 e. The first-order valence-corrected chi connectivity index (χ1v) is 11.4. The number of ether oxygens (including phenoxy) is 1. The summed E-state index contributed by atoms with van der Waals surface area (Å²) >= 11 is 0. The molecule has 0 aliphatic carbocycles. The van der Waals surface area contributed by atoms with Gasteiger partial charge >= 0.3 is 0 Å². The standard InChI is InChI=1S/C25H32FN3O2/c1-2-31-22-9-7-20(8-10-22)19-27-13-11-21(12-14-27)25(30)29-17-15-28(16-18-29)24-6-4-3-5-23(24)26/h3-10,21H,2,11-19H2,1H3. The van der Waals surface area contributed by atoms with Crippen LogP contribution in [0.3, 0.4) is 0 Å². The van der Waals surface area contributed by atoms with Crippen molar-refractivity contribution in [2.75, 3.05) is 50.8 Å². The maximum atomic E-state index is 14.0. The number of benzene rings is 2. The van der Waals surface area contributed by atoms with Crippen molar-refractivity contribution in [2.45, 2.75) is 26.3 Å². The van der Waals surface area contributed by atoms with Gasteiger partial charge in [0.25, 0.3) is 0 Å². The molecule has 0 N–H and O–H groups in total. The molecule has 0 aromatic heterocycles. The number of para-hydroxylation sites is 1. The van der Waals surface area contributed by atoms with Gasteiger partial charge in [0, 0.05) is 38.6 Å². The fraction of sp³-hybridized carbons (Fsp3) is 0.480. The number of nitrogens with zero attached hydrogens (tertiary/aromatic N) is 3. The van der Waals surface area contributed by atoms with Crippen LogP contribution in [0.5, 0.6) is 5.75 Å². The highest BCUT2D eigenvalue weighted by Crippen LogP contribution is 2.24. The normalized spacial score (nSPS) is 18.3. The fourth-order valence-electron chi connectivity index (χ4n) is 4.59. The quantitative estimate of drug-likeness (QED) is 0.706. The van der Waals surface area contributed by atoms with E-state index in [2.05, 4.69) is 17.0 Å². The molecule has 2 aromatic rings. The van der Waals surface area contributed by atoms with E-state index in [9.17, 15) is 9.18 Å². The van der Waals surface area contributed by atoms with Gasteiger partial charge in [0.15, 0.2) is 0 Å². The smallest absolute Gasteiger partial charge is 0.225 e. The fourth-order valence-corrected chi connectivity index (χ4v) is 4.59. The van der Waals surface area contributed by atoms with Crippen molar-refractivity contribution in [1.82, 2.24) is 9.80 Å². The summed E-state index contributed by atoms with van der Waals surface area (Å²) in [5.41, 5.74) is 1.91. The van der Waals surface area contributed by atoms with Gasteiger partial charge in [-0.25, -0.2) is 4.39 Å². The molecule has 2 fully saturated rings. The number of hydrogen-bond acceptors (Lipinski definition) is 4. The summed E-state index contributed by atoms with van der Waals surface area (Å²) in [4.78, 5) is 19.5. The van der Waals surface area contributed by atoms with Gasteiger partial charge in [-0.3, -0.25) is 9.69 Å². The third kappa shape index (κ3) is 5.37. The molecular formula is C25H32FN3O2. The minimum atomic E-state index is -0.192. The van der Waals surface area contributed by atoms with E-state index in [1.54, 1.807) is 6.07 Å². The van der Waals surface area contributed by atoms with E-state index in [1.807, 2.05) is 41.0 Å². The molecule has 4 rings (SSSR count). The first-order chi connectivity index (χ1) is 15.1. The molecule has 2 aromatic carbocycles. The number of anilines is 1. The van der Waals surface area contributed by atoms with Crippen LogP contribution >= 0.6 is 0 Å². The topological polar surface area (TPSA) is 36.0 Å². The second-order valence-corrected chi connectivity index (χ2v) is 8.39. The summed E-state index contributed by atoms with van der Waals surface area (Å²) in [5.74, 6) is 1.10. The molecule has 0 bridgehead atoms. The van der Waals surface area contributed by atoms with Gasteiger partial charge in [-0.15, -0.1) is 0 Å². The van der Waals surface area contributed by atoms with Crippen molar-refractivity contribution in [3.8, 4) is 5.75 Å². The Bertz CT molecular complexity index is 857. The molecule has 1 amide bonds. The summed E-state index contributed by atoms with van der Waals surface area (Å²) in [5, 5.41) is 0. The number of amides is 1. The van der Waals surface area contributed by atoms with Crippen LogP contribution < -0.4 is 9.64 Å². The SMILES string of the molecule is CCOc1ccc(CN2CCC(C(=O)N3CCN(c4ccccc4F)CC3)CC2)cc1. The molecule has 166 valence electrons. The van der Waals surface area contributed by atoms with Crippen molar-refractivity contribution in [2.24, 2.45) is 5.92 Å². The number of carbonyl (C=O) groups is 1. The Labute approximate surface area is 184 Å². The molecule has 0 unspecified atom stereocenters. The molecule has 0 spiro atoms. The van der Waals surface area contributed by atoms with E-state index in [0.29, 0.717) is 38.5 Å². The van der Waals surface area contributed by atoms with E-state index >= 15 is 0 Å². The average Bonchev–Trinajstić information content (AvgIpc) is 2.81. The molecule has 2 saturated heterocycles. The van der Waals surface area contributed by atoms with Gasteiger partial charge in [-0.1, -0.05) is 24.3 Å². The highest BCUT2D eigenvalue weighted by Gasteiger charge is 2.30. The third-order valence-corrected chi connectivity index (χ3v) is 6.36. The van der Waals surface area contributed by atoms with E-state index in [0.717, 1.165) is 38.2 Å². The van der Waals surface area contributed by atoms with Crippen LogP contribution in [0, 0.1) is 11.7 Å². The van der Waals surface area contributed by atoms with E-state index < -0.39 is 0 Å². The Kier molecular flexibility index (Phi) is 7.07. The monoisotopic (exact) mass is 425 g/mol. The number of piperidine rings is 1. The van der Waals surface area contributed by atoms with Crippen molar-refractivity contribution in [3.05, 3.63) is 59.9 Å². The van der Waals surface area contributed by atoms with Crippen LogP contribution in [-0.2, 0) is 11.3 Å². The summed E-state index contributed by atoms with van der Waals surface area (Å²) in [6.45, 7) is 8.17. The van der Waals surface area contributed by atoms with Crippen LogP contribution in [0.25, 0.3) is 0 Å². The van der Waals surface area contributed by atoms with Crippen LogP contribution in [0.15, 0.2) is 48.5 Å². The minimum Gasteiger partial charge on any atom is -0.494 e. The first-order valence-electron chi connectivity index (χ1n) is 11.4. The van der Waals surface area contributed by atoms with E-state index in [1.165, 1.54) is 11.6 Å². The summed E-state index contributed by atoms with van der Waals surface area (Å²) in [6, 6.07) is 15.2. The molecule has 2 aliphatic rings. The molecule has 2 aliphatic heterocycles. The van der Waals surface area contributed by atoms with Gasteiger partial charge in [-0.05, 0) is 62.7 Å². The second-order valence-electron chi connectivity index (χ2n) is 8.39. The summed E-state index contributed by atoms with van der Waals surface area (Å²) in [7, 11) is 0. The number of hydrogen-bond donors (Lipinski definition) is 0. The summed E-state index contributed by atoms with van der Waals surface area (Å²) in [6.07, 6.45) is 1.81. The van der Waals surface area contributed by atoms with Gasteiger partial charge in [-0.2, -0.15) is 0 Å². The highest BCUT2D eigenvalue weighted by molar-refractivity contribution is 5.79. The molecule has 0 saturated carbocycles. The third-order valence-electron chi connectivity index (χ3n) is 6.36. The molecule has 31 heavy (non-hydrogen) atoms. The van der Waals surface area contributed by atoms with Crippen molar-refractivity contribution in [1.29, 1.82) is 0 Å². The Morgan fingerprint density at radius 1 is 0.968 bits per heavy atom. The maximum absolute atomic E-state index is 14.0. The van der Waals surface area contributed by atoms with Crippen LogP contribution in [0.1, 0.15) is 25.3 Å². The minimum absolute atomic E-state index is 0.108. The number of piperazine rings is 1. The molecule has 2 heterocycles. The van der Waals surface area contributed by atoms with Crippen LogP contribution in [-0.4, -0.2) is 61.6 Å². The predicted octanol–water partition coefficient (Wildman–Crippen LogP) is 3.79. The Morgan fingerprint density at radius 3 is 2.29 bits per heavy atom.